The van der Waals surface area contributed by atoms with E-state index in [9.17, 15) is 0 Å². The predicted molar refractivity (Wildman–Crippen MR) is 190 cm³/mol. The van der Waals surface area contributed by atoms with E-state index in [0.29, 0.717) is 0 Å². The van der Waals surface area contributed by atoms with Crippen LogP contribution in [-0.4, -0.2) is 78.5 Å². The third-order valence-corrected chi connectivity index (χ3v) is 7.39. The van der Waals surface area contributed by atoms with Gasteiger partial charge in [-0.25, -0.2) is 0 Å². The molecule has 0 saturated heterocycles. The number of benzene rings is 1. The van der Waals surface area contributed by atoms with Crippen molar-refractivity contribution in [1.29, 1.82) is 0 Å². The number of halogens is 1. The molecule has 0 radical (unpaired) electrons. The first-order chi connectivity index (χ1) is 20.8. The Hall–Kier alpha value is -0.850. The van der Waals surface area contributed by atoms with E-state index in [1.807, 2.05) is 0 Å². The van der Waals surface area contributed by atoms with Gasteiger partial charge in [-0.2, -0.15) is 0 Å². The van der Waals surface area contributed by atoms with Gasteiger partial charge in [-0.05, 0) is 172 Å². The lowest BCUT2D eigenvalue weighted by Gasteiger charge is -2.13. The minimum absolute atomic E-state index is 0. The monoisotopic (exact) mass is 628 g/mol. The van der Waals surface area contributed by atoms with E-state index in [2.05, 4.69) is 50.1 Å². The molecule has 0 unspecified atom stereocenters. The Labute approximate surface area is 271 Å². The molecule has 0 aliphatic heterocycles. The summed E-state index contributed by atoms with van der Waals surface area (Å²) < 4.78 is 0. The van der Waals surface area contributed by atoms with Gasteiger partial charge in [-0.3, -0.25) is 0 Å². The molecule has 0 atom stereocenters. The molecule has 0 bridgehead atoms. The van der Waals surface area contributed by atoms with E-state index in [0.717, 1.165) is 117 Å². The van der Waals surface area contributed by atoms with Crippen molar-refractivity contribution in [2.24, 2.45) is 17.2 Å². The summed E-state index contributed by atoms with van der Waals surface area (Å²) >= 11 is 0. The van der Waals surface area contributed by atoms with Crippen LogP contribution >= 0.6 is 12.4 Å². The largest absolute Gasteiger partial charge is 0.330 e. The molecule has 0 heterocycles. The number of nitrogens with two attached hydrogens (primary N) is 3. The zero-order valence-corrected chi connectivity index (χ0v) is 28.3. The molecule has 0 aliphatic carbocycles. The Morgan fingerprint density at radius 1 is 0.326 bits per heavy atom. The highest BCUT2D eigenvalue weighted by Gasteiger charge is 2.03. The molecular weight excluding hydrogens is 558 g/mol. The third-order valence-electron chi connectivity index (χ3n) is 7.39. The minimum Gasteiger partial charge on any atom is -0.330 e. The summed E-state index contributed by atoms with van der Waals surface area (Å²) in [5.74, 6) is 0. The van der Waals surface area contributed by atoms with Crippen LogP contribution in [0, 0.1) is 0 Å². The first-order valence-electron chi connectivity index (χ1n) is 17.3. The Morgan fingerprint density at radius 3 is 0.767 bits per heavy atom. The zero-order valence-electron chi connectivity index (χ0n) is 27.5. The van der Waals surface area contributed by atoms with E-state index < -0.39 is 0 Å². The summed E-state index contributed by atoms with van der Waals surface area (Å²) in [6.07, 6.45) is 14.1. The van der Waals surface area contributed by atoms with Crippen molar-refractivity contribution in [3.8, 4) is 0 Å². The van der Waals surface area contributed by atoms with Crippen molar-refractivity contribution < 1.29 is 0 Å². The lowest BCUT2D eigenvalue weighted by Crippen LogP contribution is -2.21. The van der Waals surface area contributed by atoms with Crippen molar-refractivity contribution >= 4 is 12.4 Å². The van der Waals surface area contributed by atoms with Crippen molar-refractivity contribution in [3.05, 3.63) is 34.9 Å². The maximum atomic E-state index is 5.56. The molecule has 0 aromatic heterocycles. The molecule has 0 spiro atoms. The smallest absolute Gasteiger partial charge is 0.0205 e. The first kappa shape index (κ1) is 42.1. The van der Waals surface area contributed by atoms with Gasteiger partial charge in [0.25, 0.3) is 0 Å². The van der Waals surface area contributed by atoms with Gasteiger partial charge in [0, 0.05) is 19.6 Å². The lowest BCUT2D eigenvalue weighted by atomic mass is 10.0. The fourth-order valence-electron chi connectivity index (χ4n) is 4.90. The SMILES string of the molecule is Cl.NCCCCNCCCCNCc1cc(CNCCCCNCCCCN)cc(CNCCCCNCCCCN)c1. The van der Waals surface area contributed by atoms with E-state index in [-0.39, 0.29) is 12.4 Å². The number of unbranched alkanes of at least 4 members (excludes halogenated alkanes) is 6. The van der Waals surface area contributed by atoms with Crippen LogP contribution in [0.3, 0.4) is 0 Å². The zero-order chi connectivity index (χ0) is 30.2. The average Bonchev–Trinajstić information content (AvgIpc) is 3.00. The van der Waals surface area contributed by atoms with Gasteiger partial charge in [-0.1, -0.05) is 18.2 Å². The fraction of sp³-hybridized carbons (Fsp3) is 0.818. The van der Waals surface area contributed by atoms with E-state index in [1.54, 1.807) is 0 Å². The van der Waals surface area contributed by atoms with Crippen LogP contribution in [0.4, 0.5) is 0 Å². The topological polar surface area (TPSA) is 150 Å². The lowest BCUT2D eigenvalue weighted by molar-refractivity contribution is 0.563. The van der Waals surface area contributed by atoms with Crippen LogP contribution in [0.25, 0.3) is 0 Å². The minimum atomic E-state index is 0. The fourth-order valence-corrected chi connectivity index (χ4v) is 4.90. The Morgan fingerprint density at radius 2 is 0.535 bits per heavy atom. The standard InChI is InChI=1S/C33H69N9.ClH/c34-13-1-4-16-37-19-7-10-22-40-28-31-25-32(29-41-23-11-8-20-38-17-5-2-14-35)27-33(26-31)30-42-24-12-9-21-39-18-6-3-15-36;/h25-27,37-42H,1-24,28-30,34-36H2;1H. The van der Waals surface area contributed by atoms with E-state index in [1.165, 1.54) is 74.5 Å². The summed E-state index contributed by atoms with van der Waals surface area (Å²) in [6, 6.07) is 7.12. The highest BCUT2D eigenvalue weighted by molar-refractivity contribution is 5.85. The molecule has 1 aromatic carbocycles. The van der Waals surface area contributed by atoms with Crippen LogP contribution in [0.15, 0.2) is 18.2 Å². The van der Waals surface area contributed by atoms with Gasteiger partial charge in [0.05, 0.1) is 0 Å². The van der Waals surface area contributed by atoms with Gasteiger partial charge >= 0.3 is 0 Å². The number of hydrogen-bond donors (Lipinski definition) is 9. The molecule has 43 heavy (non-hydrogen) atoms. The molecule has 1 rings (SSSR count). The molecule has 0 amide bonds. The van der Waals surface area contributed by atoms with Crippen molar-refractivity contribution in [2.75, 3.05) is 78.5 Å². The maximum Gasteiger partial charge on any atom is 0.0205 e. The molecule has 12 N–H and O–H groups in total. The molecule has 0 fully saturated rings. The highest BCUT2D eigenvalue weighted by Crippen LogP contribution is 2.11. The molecule has 1 aromatic rings. The number of nitrogens with one attached hydrogen (secondary N) is 6. The van der Waals surface area contributed by atoms with Gasteiger partial charge < -0.3 is 49.1 Å². The third kappa shape index (κ3) is 28.4. The number of hydrogen-bond acceptors (Lipinski definition) is 9. The molecule has 10 heteroatoms. The second-order valence-corrected chi connectivity index (χ2v) is 11.5. The van der Waals surface area contributed by atoms with Gasteiger partial charge in [-0.15, -0.1) is 12.4 Å². The van der Waals surface area contributed by atoms with E-state index in [4.69, 9.17) is 17.2 Å². The van der Waals surface area contributed by atoms with Crippen molar-refractivity contribution in [1.82, 2.24) is 31.9 Å². The second kappa shape index (κ2) is 34.0. The molecule has 9 nitrogen and oxygen atoms in total. The molecule has 254 valence electrons. The van der Waals surface area contributed by atoms with Crippen LogP contribution in [0.5, 0.6) is 0 Å². The summed E-state index contributed by atoms with van der Waals surface area (Å²) in [4.78, 5) is 0. The van der Waals surface area contributed by atoms with Gasteiger partial charge in [0.2, 0.25) is 0 Å². The first-order valence-corrected chi connectivity index (χ1v) is 17.3. The van der Waals surface area contributed by atoms with Gasteiger partial charge in [0.15, 0.2) is 0 Å². The van der Waals surface area contributed by atoms with Crippen LogP contribution in [0.1, 0.15) is 93.7 Å². The second-order valence-electron chi connectivity index (χ2n) is 11.5. The number of rotatable bonds is 33. The molecule has 0 saturated carbocycles. The van der Waals surface area contributed by atoms with Gasteiger partial charge in [0.1, 0.15) is 0 Å². The normalized spacial score (nSPS) is 11.2. The highest BCUT2D eigenvalue weighted by atomic mass is 35.5. The summed E-state index contributed by atoms with van der Waals surface area (Å²) in [5, 5.41) is 21.6. The van der Waals surface area contributed by atoms with Crippen molar-refractivity contribution in [2.45, 2.75) is 96.7 Å². The maximum absolute atomic E-state index is 5.56. The van der Waals surface area contributed by atoms with Crippen LogP contribution in [0.2, 0.25) is 0 Å². The molecular formula is C33H70ClN9. The summed E-state index contributed by atoms with van der Waals surface area (Å²) in [5.41, 5.74) is 20.8. The summed E-state index contributed by atoms with van der Waals surface area (Å²) in [6.45, 7) is 14.9. The van der Waals surface area contributed by atoms with E-state index >= 15 is 0 Å². The van der Waals surface area contributed by atoms with Crippen molar-refractivity contribution in [3.63, 3.8) is 0 Å². The quantitative estimate of drug-likeness (QED) is 0.0536. The average molecular weight is 628 g/mol. The Bertz CT molecular complexity index is 594. The molecule has 0 aliphatic rings. The summed E-state index contributed by atoms with van der Waals surface area (Å²) in [7, 11) is 0. The Kier molecular flexibility index (Phi) is 33.4. The van der Waals surface area contributed by atoms with Crippen LogP contribution < -0.4 is 49.1 Å². The predicted octanol–water partition coefficient (Wildman–Crippen LogP) is 2.70. The Balaban J connectivity index is 0.0000176. The van der Waals surface area contributed by atoms with Crippen LogP contribution in [-0.2, 0) is 19.6 Å².